The van der Waals surface area contributed by atoms with Crippen molar-refractivity contribution in [3.63, 3.8) is 0 Å². The lowest BCUT2D eigenvalue weighted by Gasteiger charge is -2.46. The van der Waals surface area contributed by atoms with Crippen molar-refractivity contribution in [1.82, 2.24) is 0 Å². The second kappa shape index (κ2) is 5.70. The summed E-state index contributed by atoms with van der Waals surface area (Å²) < 4.78 is 13.4. The molecule has 0 unspecified atom stereocenters. The molecule has 1 nitrogen and oxygen atoms in total. The first kappa shape index (κ1) is 13.2. The lowest BCUT2D eigenvalue weighted by molar-refractivity contribution is 0.243. The summed E-state index contributed by atoms with van der Waals surface area (Å²) in [5.41, 5.74) is 2.10. The van der Waals surface area contributed by atoms with Crippen LogP contribution in [0.1, 0.15) is 44.1 Å². The van der Waals surface area contributed by atoms with Crippen molar-refractivity contribution in [1.29, 1.82) is 0 Å². The van der Waals surface area contributed by atoms with E-state index in [1.165, 1.54) is 38.5 Å². The maximum absolute atomic E-state index is 13.4. The number of hydrogen-bond donors (Lipinski definition) is 0. The minimum absolute atomic E-state index is 0.184. The summed E-state index contributed by atoms with van der Waals surface area (Å²) in [7, 11) is 0. The van der Waals surface area contributed by atoms with Crippen molar-refractivity contribution in [3.05, 3.63) is 29.6 Å². The predicted octanol–water partition coefficient (Wildman–Crippen LogP) is 4.72. The van der Waals surface area contributed by atoms with Crippen molar-refractivity contribution in [2.24, 2.45) is 5.92 Å². The second-order valence-electron chi connectivity index (χ2n) is 5.85. The number of benzene rings is 1. The molecule has 2 aliphatic rings. The van der Waals surface area contributed by atoms with Gasteiger partial charge in [-0.15, -0.1) is 11.6 Å². The Kier molecular flexibility index (Phi) is 3.97. The van der Waals surface area contributed by atoms with Crippen LogP contribution in [0.4, 0.5) is 10.1 Å². The van der Waals surface area contributed by atoms with Gasteiger partial charge in [0.15, 0.2) is 0 Å². The lowest BCUT2D eigenvalue weighted by Crippen LogP contribution is -2.47. The summed E-state index contributed by atoms with van der Waals surface area (Å²) >= 11 is 6.01. The number of rotatable bonds is 2. The summed E-state index contributed by atoms with van der Waals surface area (Å²) in [5.74, 6) is 1.04. The van der Waals surface area contributed by atoms with E-state index >= 15 is 0 Å². The average Bonchev–Trinajstić information content (AvgIpc) is 2.46. The molecule has 1 saturated carbocycles. The Hall–Kier alpha value is -0.760. The SMILES string of the molecule is Fc1ccc(N2CCC[C@H]3CCCC[C@H]32)c(CCl)c1. The van der Waals surface area contributed by atoms with Gasteiger partial charge in [0.2, 0.25) is 0 Å². The minimum Gasteiger partial charge on any atom is -0.368 e. The van der Waals surface area contributed by atoms with Crippen LogP contribution in [-0.4, -0.2) is 12.6 Å². The molecule has 104 valence electrons. The quantitative estimate of drug-likeness (QED) is 0.709. The molecular weight excluding hydrogens is 261 g/mol. The molecule has 3 heteroatoms. The highest BCUT2D eigenvalue weighted by molar-refractivity contribution is 6.17. The van der Waals surface area contributed by atoms with E-state index in [0.29, 0.717) is 11.9 Å². The summed E-state index contributed by atoms with van der Waals surface area (Å²) in [5, 5.41) is 0. The fourth-order valence-corrected chi connectivity index (χ4v) is 4.08. The zero-order valence-electron chi connectivity index (χ0n) is 11.2. The molecule has 0 amide bonds. The Morgan fingerprint density at radius 1 is 1.16 bits per heavy atom. The van der Waals surface area contributed by atoms with Gasteiger partial charge in [0.25, 0.3) is 0 Å². The Morgan fingerprint density at radius 3 is 2.79 bits per heavy atom. The van der Waals surface area contributed by atoms with Crippen LogP contribution < -0.4 is 4.90 Å². The third-order valence-electron chi connectivity index (χ3n) is 4.74. The third-order valence-corrected chi connectivity index (χ3v) is 5.03. The fourth-order valence-electron chi connectivity index (χ4n) is 3.87. The van der Waals surface area contributed by atoms with E-state index in [-0.39, 0.29) is 5.82 Å². The monoisotopic (exact) mass is 281 g/mol. The summed E-state index contributed by atoms with van der Waals surface area (Å²) in [4.78, 5) is 2.50. The van der Waals surface area contributed by atoms with E-state index < -0.39 is 0 Å². The highest BCUT2D eigenvalue weighted by atomic mass is 35.5. The number of nitrogens with zero attached hydrogens (tertiary/aromatic N) is 1. The average molecular weight is 282 g/mol. The van der Waals surface area contributed by atoms with Crippen molar-refractivity contribution >= 4 is 17.3 Å². The van der Waals surface area contributed by atoms with E-state index in [4.69, 9.17) is 11.6 Å². The highest BCUT2D eigenvalue weighted by Gasteiger charge is 2.33. The van der Waals surface area contributed by atoms with Gasteiger partial charge < -0.3 is 4.90 Å². The molecule has 1 aromatic rings. The molecule has 0 radical (unpaired) electrons. The molecule has 3 rings (SSSR count). The van der Waals surface area contributed by atoms with E-state index in [1.807, 2.05) is 6.07 Å². The summed E-state index contributed by atoms with van der Waals surface area (Å²) in [6.45, 7) is 1.09. The third kappa shape index (κ3) is 2.60. The molecular formula is C16H21ClFN. The van der Waals surface area contributed by atoms with Crippen LogP contribution in [0.5, 0.6) is 0 Å². The van der Waals surface area contributed by atoms with Crippen LogP contribution in [0.25, 0.3) is 0 Å². The molecule has 1 aliphatic carbocycles. The van der Waals surface area contributed by atoms with Gasteiger partial charge in [-0.1, -0.05) is 12.8 Å². The van der Waals surface area contributed by atoms with Crippen molar-refractivity contribution in [3.8, 4) is 0 Å². The van der Waals surface area contributed by atoms with Crippen LogP contribution >= 0.6 is 11.6 Å². The van der Waals surface area contributed by atoms with E-state index in [0.717, 1.165) is 23.7 Å². The van der Waals surface area contributed by atoms with Crippen LogP contribution in [-0.2, 0) is 5.88 Å². The topological polar surface area (TPSA) is 3.24 Å². The van der Waals surface area contributed by atoms with Gasteiger partial charge >= 0.3 is 0 Å². The van der Waals surface area contributed by atoms with E-state index in [9.17, 15) is 4.39 Å². The zero-order chi connectivity index (χ0) is 13.2. The maximum Gasteiger partial charge on any atom is 0.123 e. The first-order valence-corrected chi connectivity index (χ1v) is 7.94. The van der Waals surface area contributed by atoms with E-state index in [1.54, 1.807) is 12.1 Å². The Balaban J connectivity index is 1.91. The smallest absolute Gasteiger partial charge is 0.123 e. The number of alkyl halides is 1. The molecule has 1 aliphatic heterocycles. The number of hydrogen-bond acceptors (Lipinski definition) is 1. The number of halogens is 2. The van der Waals surface area contributed by atoms with Gasteiger partial charge in [-0.25, -0.2) is 4.39 Å². The molecule has 2 fully saturated rings. The van der Waals surface area contributed by atoms with Crippen molar-refractivity contribution in [2.45, 2.75) is 50.4 Å². The molecule has 0 aromatic heterocycles. The molecule has 0 N–H and O–H groups in total. The van der Waals surface area contributed by atoms with Crippen LogP contribution in [0.2, 0.25) is 0 Å². The normalized spacial score (nSPS) is 27.2. The number of anilines is 1. The maximum atomic E-state index is 13.4. The van der Waals surface area contributed by atoms with Gasteiger partial charge in [-0.05, 0) is 55.4 Å². The summed E-state index contributed by atoms with van der Waals surface area (Å²) in [6, 6.07) is 5.73. The zero-order valence-corrected chi connectivity index (χ0v) is 12.0. The molecule has 19 heavy (non-hydrogen) atoms. The summed E-state index contributed by atoms with van der Waals surface area (Å²) in [6.07, 6.45) is 7.96. The van der Waals surface area contributed by atoms with Crippen LogP contribution in [0, 0.1) is 11.7 Å². The van der Waals surface area contributed by atoms with Crippen LogP contribution in [0.15, 0.2) is 18.2 Å². The van der Waals surface area contributed by atoms with E-state index in [2.05, 4.69) is 4.90 Å². The van der Waals surface area contributed by atoms with Crippen molar-refractivity contribution in [2.75, 3.05) is 11.4 Å². The Bertz CT molecular complexity index is 446. The first-order chi connectivity index (χ1) is 9.29. The van der Waals surface area contributed by atoms with Gasteiger partial charge in [0, 0.05) is 24.2 Å². The highest BCUT2D eigenvalue weighted by Crippen LogP contribution is 2.39. The van der Waals surface area contributed by atoms with Gasteiger partial charge in [-0.2, -0.15) is 0 Å². The molecule has 1 saturated heterocycles. The largest absolute Gasteiger partial charge is 0.368 e. The number of fused-ring (bicyclic) bond motifs is 1. The molecule has 2 atom stereocenters. The van der Waals surface area contributed by atoms with Gasteiger partial charge in [-0.3, -0.25) is 0 Å². The Morgan fingerprint density at radius 2 is 1.95 bits per heavy atom. The second-order valence-corrected chi connectivity index (χ2v) is 6.12. The van der Waals surface area contributed by atoms with Crippen LogP contribution in [0.3, 0.4) is 0 Å². The molecule has 1 heterocycles. The first-order valence-electron chi connectivity index (χ1n) is 7.40. The standard InChI is InChI=1S/C16H21ClFN/c17-11-13-10-14(18)7-8-16(13)19-9-3-5-12-4-1-2-6-15(12)19/h7-8,10,12,15H,1-6,9,11H2/t12-,15-/m1/s1. The minimum atomic E-state index is -0.184. The molecule has 1 aromatic carbocycles. The predicted molar refractivity (Wildman–Crippen MR) is 78.3 cm³/mol. The lowest BCUT2D eigenvalue weighted by atomic mass is 9.78. The number of piperidine rings is 1. The molecule has 0 bridgehead atoms. The van der Waals surface area contributed by atoms with Gasteiger partial charge in [0.05, 0.1) is 0 Å². The van der Waals surface area contributed by atoms with Gasteiger partial charge in [0.1, 0.15) is 5.82 Å². The molecule has 0 spiro atoms. The fraction of sp³-hybridized carbons (Fsp3) is 0.625. The Labute approximate surface area is 119 Å². The van der Waals surface area contributed by atoms with Crippen molar-refractivity contribution < 1.29 is 4.39 Å².